The van der Waals surface area contributed by atoms with E-state index in [9.17, 15) is 13.2 Å². The number of rotatable bonds is 2. The van der Waals surface area contributed by atoms with Crippen LogP contribution in [0.2, 0.25) is 5.02 Å². The van der Waals surface area contributed by atoms with Crippen molar-refractivity contribution in [3.8, 4) is 0 Å². The van der Waals surface area contributed by atoms with Crippen LogP contribution in [0, 0.1) is 5.41 Å². The second-order valence-electron chi connectivity index (χ2n) is 6.31. The predicted molar refractivity (Wildman–Crippen MR) is 76.1 cm³/mol. The van der Waals surface area contributed by atoms with Gasteiger partial charge in [-0.15, -0.1) is 0 Å². The smallest absolute Gasteiger partial charge is 0.382 e. The summed E-state index contributed by atoms with van der Waals surface area (Å²) in [6, 6.07) is 3.86. The molecular formula is C15H19ClF3N. The fourth-order valence-electron chi connectivity index (χ4n) is 2.62. The van der Waals surface area contributed by atoms with Crippen LogP contribution in [-0.4, -0.2) is 6.04 Å². The van der Waals surface area contributed by atoms with Crippen molar-refractivity contribution >= 4 is 17.3 Å². The topological polar surface area (TPSA) is 12.0 Å². The Bertz CT molecular complexity index is 472. The van der Waals surface area contributed by atoms with E-state index in [0.29, 0.717) is 11.1 Å². The van der Waals surface area contributed by atoms with Crippen LogP contribution < -0.4 is 5.32 Å². The zero-order chi connectivity index (χ0) is 15.0. The number of benzene rings is 1. The molecule has 1 nitrogen and oxygen atoms in total. The molecule has 0 atom stereocenters. The lowest BCUT2D eigenvalue weighted by Gasteiger charge is -2.35. The molecule has 0 unspecified atom stereocenters. The molecule has 1 aliphatic rings. The molecule has 0 aliphatic heterocycles. The highest BCUT2D eigenvalue weighted by Gasteiger charge is 2.32. The Hall–Kier alpha value is -0.900. The van der Waals surface area contributed by atoms with Crippen LogP contribution in [-0.2, 0) is 6.18 Å². The minimum atomic E-state index is -4.37. The first-order chi connectivity index (χ1) is 9.16. The Morgan fingerprint density at radius 3 is 2.30 bits per heavy atom. The van der Waals surface area contributed by atoms with Crippen LogP contribution in [0.25, 0.3) is 0 Å². The van der Waals surface area contributed by atoms with E-state index in [1.54, 1.807) is 6.07 Å². The first-order valence-corrected chi connectivity index (χ1v) is 7.18. The van der Waals surface area contributed by atoms with Crippen LogP contribution in [0.15, 0.2) is 18.2 Å². The average Bonchev–Trinajstić information content (AvgIpc) is 2.30. The SMILES string of the molecule is CC1(C)CCC(Nc2cc(Cl)cc(C(F)(F)F)c2)CC1. The molecule has 1 fully saturated rings. The first kappa shape index (κ1) is 15.5. The van der Waals surface area contributed by atoms with E-state index >= 15 is 0 Å². The van der Waals surface area contributed by atoms with Crippen LogP contribution in [0.1, 0.15) is 45.1 Å². The van der Waals surface area contributed by atoms with E-state index < -0.39 is 11.7 Å². The van der Waals surface area contributed by atoms with E-state index in [0.717, 1.165) is 37.8 Å². The molecule has 0 heterocycles. The summed E-state index contributed by atoms with van der Waals surface area (Å²) < 4.78 is 38.2. The molecule has 1 aromatic rings. The van der Waals surface area contributed by atoms with Gasteiger partial charge in [0.1, 0.15) is 0 Å². The zero-order valence-corrected chi connectivity index (χ0v) is 12.4. The van der Waals surface area contributed by atoms with Gasteiger partial charge in [0.15, 0.2) is 0 Å². The van der Waals surface area contributed by atoms with Crippen molar-refractivity contribution in [2.24, 2.45) is 5.41 Å². The summed E-state index contributed by atoms with van der Waals surface area (Å²) in [4.78, 5) is 0. The third-order valence-electron chi connectivity index (χ3n) is 3.94. The fraction of sp³-hybridized carbons (Fsp3) is 0.600. The zero-order valence-electron chi connectivity index (χ0n) is 11.6. The van der Waals surface area contributed by atoms with Crippen molar-refractivity contribution in [3.63, 3.8) is 0 Å². The van der Waals surface area contributed by atoms with Crippen molar-refractivity contribution in [1.29, 1.82) is 0 Å². The Kier molecular flexibility index (Phi) is 4.24. The monoisotopic (exact) mass is 305 g/mol. The summed E-state index contributed by atoms with van der Waals surface area (Å²) in [6.07, 6.45) is -0.258. The summed E-state index contributed by atoms with van der Waals surface area (Å²) in [5.74, 6) is 0. The highest BCUT2D eigenvalue weighted by Crippen LogP contribution is 2.37. The van der Waals surface area contributed by atoms with Gasteiger partial charge < -0.3 is 5.32 Å². The van der Waals surface area contributed by atoms with Crippen LogP contribution in [0.3, 0.4) is 0 Å². The van der Waals surface area contributed by atoms with Crippen LogP contribution in [0.5, 0.6) is 0 Å². The summed E-state index contributed by atoms with van der Waals surface area (Å²) in [7, 11) is 0. The van der Waals surface area contributed by atoms with E-state index in [1.165, 1.54) is 0 Å². The largest absolute Gasteiger partial charge is 0.416 e. The Labute approximate surface area is 122 Å². The van der Waals surface area contributed by atoms with Crippen molar-refractivity contribution in [1.82, 2.24) is 0 Å². The molecule has 20 heavy (non-hydrogen) atoms. The molecule has 0 bridgehead atoms. The third-order valence-corrected chi connectivity index (χ3v) is 4.15. The molecule has 1 aliphatic carbocycles. The van der Waals surface area contributed by atoms with Gasteiger partial charge in [-0.2, -0.15) is 13.2 Å². The quantitative estimate of drug-likeness (QED) is 0.734. The molecule has 0 radical (unpaired) electrons. The van der Waals surface area contributed by atoms with Gasteiger partial charge in [-0.05, 0) is 49.3 Å². The second-order valence-corrected chi connectivity index (χ2v) is 6.75. The maximum Gasteiger partial charge on any atom is 0.416 e. The fourth-order valence-corrected chi connectivity index (χ4v) is 2.85. The van der Waals surface area contributed by atoms with E-state index in [4.69, 9.17) is 11.6 Å². The minimum Gasteiger partial charge on any atom is -0.382 e. The van der Waals surface area contributed by atoms with Crippen LogP contribution in [0.4, 0.5) is 18.9 Å². The molecule has 0 saturated heterocycles. The van der Waals surface area contributed by atoms with Gasteiger partial charge in [-0.1, -0.05) is 25.4 Å². The minimum absolute atomic E-state index is 0.110. The van der Waals surface area contributed by atoms with Crippen molar-refractivity contribution in [3.05, 3.63) is 28.8 Å². The molecule has 2 rings (SSSR count). The summed E-state index contributed by atoms with van der Waals surface area (Å²) in [6.45, 7) is 4.45. The average molecular weight is 306 g/mol. The number of hydrogen-bond donors (Lipinski definition) is 1. The molecular weight excluding hydrogens is 287 g/mol. The van der Waals surface area contributed by atoms with E-state index in [1.807, 2.05) is 0 Å². The van der Waals surface area contributed by atoms with E-state index in [2.05, 4.69) is 19.2 Å². The van der Waals surface area contributed by atoms with Gasteiger partial charge in [0.2, 0.25) is 0 Å². The van der Waals surface area contributed by atoms with Gasteiger partial charge in [0.25, 0.3) is 0 Å². The molecule has 0 aromatic heterocycles. The van der Waals surface area contributed by atoms with Gasteiger partial charge in [0, 0.05) is 16.8 Å². The van der Waals surface area contributed by atoms with Crippen molar-refractivity contribution < 1.29 is 13.2 Å². The molecule has 0 spiro atoms. The number of alkyl halides is 3. The number of anilines is 1. The number of halogens is 4. The lowest BCUT2D eigenvalue weighted by molar-refractivity contribution is -0.137. The molecule has 0 amide bonds. The predicted octanol–water partition coefficient (Wildman–Crippen LogP) is 5.74. The van der Waals surface area contributed by atoms with Crippen LogP contribution >= 0.6 is 11.6 Å². The van der Waals surface area contributed by atoms with Gasteiger partial charge in [0.05, 0.1) is 5.56 Å². The van der Waals surface area contributed by atoms with Gasteiger partial charge >= 0.3 is 6.18 Å². The number of nitrogens with one attached hydrogen (secondary N) is 1. The van der Waals surface area contributed by atoms with Gasteiger partial charge in [-0.25, -0.2) is 0 Å². The maximum atomic E-state index is 12.7. The summed E-state index contributed by atoms with van der Waals surface area (Å²) in [5.41, 5.74) is 0.0853. The standard InChI is InChI=1S/C15H19ClF3N/c1-14(2)5-3-12(4-6-14)20-13-8-10(15(17,18)19)7-11(16)9-13/h7-9,12,20H,3-6H2,1-2H3. The summed E-state index contributed by atoms with van der Waals surface area (Å²) >= 11 is 5.78. The highest BCUT2D eigenvalue weighted by atomic mass is 35.5. The molecule has 1 saturated carbocycles. The Morgan fingerprint density at radius 2 is 1.75 bits per heavy atom. The second kappa shape index (κ2) is 5.47. The first-order valence-electron chi connectivity index (χ1n) is 6.80. The van der Waals surface area contributed by atoms with Crippen molar-refractivity contribution in [2.45, 2.75) is 51.7 Å². The maximum absolute atomic E-state index is 12.7. The third kappa shape index (κ3) is 4.05. The normalized spacial score (nSPS) is 19.9. The lowest BCUT2D eigenvalue weighted by Crippen LogP contribution is -2.29. The highest BCUT2D eigenvalue weighted by molar-refractivity contribution is 6.30. The number of hydrogen-bond acceptors (Lipinski definition) is 1. The van der Waals surface area contributed by atoms with Crippen molar-refractivity contribution in [2.75, 3.05) is 5.32 Å². The van der Waals surface area contributed by atoms with Gasteiger partial charge in [-0.3, -0.25) is 0 Å². The van der Waals surface area contributed by atoms with E-state index in [-0.39, 0.29) is 11.1 Å². The molecule has 112 valence electrons. The molecule has 1 aromatic carbocycles. The Balaban J connectivity index is 2.09. The molecule has 1 N–H and O–H groups in total. The Morgan fingerprint density at radius 1 is 1.15 bits per heavy atom. The summed E-state index contributed by atoms with van der Waals surface area (Å²) in [5, 5.41) is 3.30. The molecule has 5 heteroatoms. The lowest BCUT2D eigenvalue weighted by atomic mass is 9.75.